The van der Waals surface area contributed by atoms with Gasteiger partial charge in [-0.15, -0.1) is 0 Å². The molecule has 1 N–H and O–H groups in total. The molecule has 4 nitrogen and oxygen atoms in total. The lowest BCUT2D eigenvalue weighted by molar-refractivity contribution is 0.0752. The molecule has 0 spiro atoms. The van der Waals surface area contributed by atoms with Crippen LogP contribution in [-0.4, -0.2) is 27.9 Å². The van der Waals surface area contributed by atoms with Crippen molar-refractivity contribution in [2.24, 2.45) is 0 Å². The molecule has 18 heavy (non-hydrogen) atoms. The summed E-state index contributed by atoms with van der Waals surface area (Å²) in [7, 11) is 0. The third-order valence-electron chi connectivity index (χ3n) is 2.87. The van der Waals surface area contributed by atoms with Crippen LogP contribution in [0.4, 0.5) is 4.79 Å². The number of amides is 1. The average molecular weight is 249 g/mol. The standard InChI is InChI=1S/C14H19NO3/c1-10(15(13(17)18)14(2,3)4)12-7-5-11(9-16)6-8-12/h5-10H,1-4H3,(H,17,18)/t10-/m0/s1. The largest absolute Gasteiger partial charge is 0.465 e. The van der Waals surface area contributed by atoms with Crippen molar-refractivity contribution in [3.8, 4) is 0 Å². The van der Waals surface area contributed by atoms with Gasteiger partial charge in [-0.2, -0.15) is 0 Å². The third-order valence-corrected chi connectivity index (χ3v) is 2.87. The first-order valence-electron chi connectivity index (χ1n) is 5.84. The molecule has 1 aromatic carbocycles. The monoisotopic (exact) mass is 249 g/mol. The maximum absolute atomic E-state index is 11.4. The summed E-state index contributed by atoms with van der Waals surface area (Å²) in [6.45, 7) is 7.42. The second-order valence-corrected chi connectivity index (χ2v) is 5.28. The highest BCUT2D eigenvalue weighted by Crippen LogP contribution is 2.28. The maximum atomic E-state index is 11.4. The third kappa shape index (κ3) is 3.09. The Morgan fingerprint density at radius 3 is 2.11 bits per heavy atom. The minimum absolute atomic E-state index is 0.261. The molecule has 0 aliphatic carbocycles. The Bertz CT molecular complexity index is 431. The number of hydrogen-bond donors (Lipinski definition) is 1. The first kappa shape index (κ1) is 14.2. The zero-order valence-corrected chi connectivity index (χ0v) is 11.2. The summed E-state index contributed by atoms with van der Waals surface area (Å²) < 4.78 is 0. The summed E-state index contributed by atoms with van der Waals surface area (Å²) in [5.41, 5.74) is 0.982. The van der Waals surface area contributed by atoms with Crippen LogP contribution in [-0.2, 0) is 0 Å². The van der Waals surface area contributed by atoms with Crippen molar-refractivity contribution in [1.82, 2.24) is 4.90 Å². The van der Waals surface area contributed by atoms with Gasteiger partial charge in [0.1, 0.15) is 6.29 Å². The van der Waals surface area contributed by atoms with Crippen LogP contribution in [0.3, 0.4) is 0 Å². The van der Waals surface area contributed by atoms with Crippen LogP contribution in [0.5, 0.6) is 0 Å². The molecule has 0 heterocycles. The number of nitrogens with zero attached hydrogens (tertiary/aromatic N) is 1. The zero-order valence-electron chi connectivity index (χ0n) is 11.2. The van der Waals surface area contributed by atoms with E-state index in [9.17, 15) is 14.7 Å². The van der Waals surface area contributed by atoms with E-state index in [1.54, 1.807) is 24.3 Å². The number of rotatable bonds is 3. The van der Waals surface area contributed by atoms with Crippen molar-refractivity contribution in [2.75, 3.05) is 0 Å². The van der Waals surface area contributed by atoms with E-state index in [1.807, 2.05) is 27.7 Å². The van der Waals surface area contributed by atoms with E-state index in [2.05, 4.69) is 0 Å². The van der Waals surface area contributed by atoms with Gasteiger partial charge in [-0.3, -0.25) is 9.69 Å². The van der Waals surface area contributed by atoms with E-state index < -0.39 is 11.6 Å². The second kappa shape index (κ2) is 5.21. The van der Waals surface area contributed by atoms with Crippen molar-refractivity contribution >= 4 is 12.4 Å². The topological polar surface area (TPSA) is 57.6 Å². The van der Waals surface area contributed by atoms with Crippen LogP contribution >= 0.6 is 0 Å². The molecular formula is C14H19NO3. The van der Waals surface area contributed by atoms with Crippen LogP contribution in [0.2, 0.25) is 0 Å². The van der Waals surface area contributed by atoms with E-state index in [4.69, 9.17) is 0 Å². The lowest BCUT2D eigenvalue weighted by atomic mass is 9.99. The van der Waals surface area contributed by atoms with Crippen LogP contribution in [0.15, 0.2) is 24.3 Å². The van der Waals surface area contributed by atoms with Gasteiger partial charge >= 0.3 is 6.09 Å². The smallest absolute Gasteiger partial charge is 0.408 e. The molecule has 0 aromatic heterocycles. The van der Waals surface area contributed by atoms with Gasteiger partial charge in [0, 0.05) is 11.1 Å². The van der Waals surface area contributed by atoms with Gasteiger partial charge in [0.2, 0.25) is 0 Å². The second-order valence-electron chi connectivity index (χ2n) is 5.28. The highest BCUT2D eigenvalue weighted by molar-refractivity contribution is 5.74. The Hall–Kier alpha value is -1.84. The van der Waals surface area contributed by atoms with E-state index in [0.717, 1.165) is 11.8 Å². The van der Waals surface area contributed by atoms with Crippen LogP contribution in [0.25, 0.3) is 0 Å². The Kier molecular flexibility index (Phi) is 4.11. The average Bonchev–Trinajstić information content (AvgIpc) is 2.26. The van der Waals surface area contributed by atoms with Crippen molar-refractivity contribution in [2.45, 2.75) is 39.3 Å². The SMILES string of the molecule is C[C@@H](c1ccc(C=O)cc1)N(C(=O)O)C(C)(C)C. The highest BCUT2D eigenvalue weighted by Gasteiger charge is 2.31. The van der Waals surface area contributed by atoms with Crippen LogP contribution < -0.4 is 0 Å². The Balaban J connectivity index is 3.05. The predicted molar refractivity (Wildman–Crippen MR) is 69.9 cm³/mol. The lowest BCUT2D eigenvalue weighted by Gasteiger charge is -2.38. The summed E-state index contributed by atoms with van der Waals surface area (Å²) in [5.74, 6) is 0. The quantitative estimate of drug-likeness (QED) is 0.836. The first-order chi connectivity index (χ1) is 8.27. The number of carbonyl (C=O) groups excluding carboxylic acids is 1. The van der Waals surface area contributed by atoms with E-state index >= 15 is 0 Å². The van der Waals surface area contributed by atoms with E-state index in [0.29, 0.717) is 5.56 Å². The van der Waals surface area contributed by atoms with Crippen LogP contribution in [0, 0.1) is 0 Å². The fraction of sp³-hybridized carbons (Fsp3) is 0.429. The van der Waals surface area contributed by atoms with Crippen molar-refractivity contribution in [3.05, 3.63) is 35.4 Å². The molecule has 0 saturated carbocycles. The highest BCUT2D eigenvalue weighted by atomic mass is 16.4. The summed E-state index contributed by atoms with van der Waals surface area (Å²) in [6, 6.07) is 6.71. The zero-order chi connectivity index (χ0) is 13.9. The predicted octanol–water partition coefficient (Wildman–Crippen LogP) is 3.34. The molecule has 0 unspecified atom stereocenters. The van der Waals surface area contributed by atoms with Gasteiger partial charge in [0.15, 0.2) is 0 Å². The van der Waals surface area contributed by atoms with Gasteiger partial charge in [0.05, 0.1) is 6.04 Å². The normalized spacial score (nSPS) is 12.9. The summed E-state index contributed by atoms with van der Waals surface area (Å²) in [6.07, 6.45) is -0.179. The van der Waals surface area contributed by atoms with Gasteiger partial charge in [-0.05, 0) is 33.3 Å². The number of benzene rings is 1. The Morgan fingerprint density at radius 1 is 1.28 bits per heavy atom. The number of carbonyl (C=O) groups is 2. The van der Waals surface area contributed by atoms with Crippen molar-refractivity contribution in [3.63, 3.8) is 0 Å². The summed E-state index contributed by atoms with van der Waals surface area (Å²) in [4.78, 5) is 23.3. The number of aldehydes is 1. The van der Waals surface area contributed by atoms with E-state index in [1.165, 1.54) is 4.90 Å². The first-order valence-corrected chi connectivity index (χ1v) is 5.84. The molecule has 4 heteroatoms. The number of carboxylic acid groups (broad SMARTS) is 1. The van der Waals surface area contributed by atoms with Gasteiger partial charge < -0.3 is 5.11 Å². The molecule has 1 amide bonds. The van der Waals surface area contributed by atoms with Gasteiger partial charge in [-0.1, -0.05) is 24.3 Å². The lowest BCUT2D eigenvalue weighted by Crippen LogP contribution is -2.46. The minimum atomic E-state index is -0.950. The Morgan fingerprint density at radius 2 is 1.78 bits per heavy atom. The number of hydrogen-bond acceptors (Lipinski definition) is 2. The molecule has 0 aliphatic rings. The molecule has 0 bridgehead atoms. The molecule has 98 valence electrons. The molecule has 0 fully saturated rings. The molecule has 1 rings (SSSR count). The van der Waals surface area contributed by atoms with Crippen molar-refractivity contribution in [1.29, 1.82) is 0 Å². The molecule has 0 saturated heterocycles. The molecule has 1 aromatic rings. The Labute approximate surface area is 107 Å². The minimum Gasteiger partial charge on any atom is -0.465 e. The molecule has 0 radical (unpaired) electrons. The maximum Gasteiger partial charge on any atom is 0.408 e. The van der Waals surface area contributed by atoms with Gasteiger partial charge in [0.25, 0.3) is 0 Å². The van der Waals surface area contributed by atoms with Crippen molar-refractivity contribution < 1.29 is 14.7 Å². The molecule has 1 atom stereocenters. The summed E-state index contributed by atoms with van der Waals surface area (Å²) >= 11 is 0. The fourth-order valence-electron chi connectivity index (χ4n) is 2.04. The van der Waals surface area contributed by atoms with Crippen LogP contribution in [0.1, 0.15) is 49.7 Å². The van der Waals surface area contributed by atoms with E-state index in [-0.39, 0.29) is 6.04 Å². The molecule has 0 aliphatic heterocycles. The van der Waals surface area contributed by atoms with Gasteiger partial charge in [-0.25, -0.2) is 4.79 Å². The molecular weight excluding hydrogens is 230 g/mol. The summed E-state index contributed by atoms with van der Waals surface area (Å²) in [5, 5.41) is 9.31. The fourth-order valence-corrected chi connectivity index (χ4v) is 2.04.